The van der Waals surface area contributed by atoms with Crippen LogP contribution in [0, 0.1) is 0 Å². The molecule has 19 heavy (non-hydrogen) atoms. The fourth-order valence-corrected chi connectivity index (χ4v) is 1.73. The molecule has 0 heterocycles. The van der Waals surface area contributed by atoms with Crippen molar-refractivity contribution in [3.8, 4) is 23.0 Å². The molecule has 0 amide bonds. The van der Waals surface area contributed by atoms with E-state index >= 15 is 0 Å². The fraction of sp³-hybridized carbons (Fsp3) is 0.0714. The van der Waals surface area contributed by atoms with Gasteiger partial charge in [-0.05, 0) is 24.3 Å². The molecule has 2 rings (SSSR count). The first-order valence-electron chi connectivity index (χ1n) is 5.46. The predicted molar refractivity (Wildman–Crippen MR) is 67.9 cm³/mol. The molecule has 2 aromatic rings. The van der Waals surface area contributed by atoms with Crippen molar-refractivity contribution in [2.75, 3.05) is 7.11 Å². The average Bonchev–Trinajstić information content (AvgIpc) is 2.38. The summed E-state index contributed by atoms with van der Waals surface area (Å²) in [6.45, 7) is 0. The smallest absolute Gasteiger partial charge is 0.200 e. The average molecular weight is 260 g/mol. The van der Waals surface area contributed by atoms with E-state index in [4.69, 9.17) is 4.74 Å². The molecule has 0 aromatic heterocycles. The standard InChI is InChI=1S/C14H12O5/c1-19-12-7-10(16)6-11(17)13(12)14(18)8-2-4-9(15)5-3-8/h2-7,15-17H,1H3. The molecule has 5 nitrogen and oxygen atoms in total. The van der Waals surface area contributed by atoms with Crippen LogP contribution in [-0.4, -0.2) is 28.2 Å². The van der Waals surface area contributed by atoms with Gasteiger partial charge in [0.05, 0.1) is 7.11 Å². The number of ketones is 1. The van der Waals surface area contributed by atoms with Gasteiger partial charge in [0.15, 0.2) is 0 Å². The van der Waals surface area contributed by atoms with Gasteiger partial charge in [0, 0.05) is 17.7 Å². The number of aromatic hydroxyl groups is 3. The Morgan fingerprint density at radius 2 is 1.63 bits per heavy atom. The summed E-state index contributed by atoms with van der Waals surface area (Å²) in [4.78, 5) is 12.3. The van der Waals surface area contributed by atoms with Crippen LogP contribution in [0.2, 0.25) is 0 Å². The topological polar surface area (TPSA) is 87.0 Å². The van der Waals surface area contributed by atoms with Crippen molar-refractivity contribution in [1.29, 1.82) is 0 Å². The Hall–Kier alpha value is -2.69. The lowest BCUT2D eigenvalue weighted by molar-refractivity contribution is 0.103. The molecule has 0 unspecified atom stereocenters. The van der Waals surface area contributed by atoms with E-state index in [2.05, 4.69) is 0 Å². The monoisotopic (exact) mass is 260 g/mol. The Labute approximate surface area is 109 Å². The van der Waals surface area contributed by atoms with E-state index in [1.165, 1.54) is 37.4 Å². The van der Waals surface area contributed by atoms with Crippen molar-refractivity contribution in [1.82, 2.24) is 0 Å². The van der Waals surface area contributed by atoms with Crippen LogP contribution < -0.4 is 4.74 Å². The number of carbonyl (C=O) groups excluding carboxylic acids is 1. The molecule has 0 saturated carbocycles. The quantitative estimate of drug-likeness (QED) is 0.735. The fourth-order valence-electron chi connectivity index (χ4n) is 1.73. The van der Waals surface area contributed by atoms with Crippen LogP contribution in [0.3, 0.4) is 0 Å². The van der Waals surface area contributed by atoms with Crippen molar-refractivity contribution in [3.63, 3.8) is 0 Å². The molecule has 0 saturated heterocycles. The molecule has 2 aromatic carbocycles. The maximum Gasteiger partial charge on any atom is 0.200 e. The minimum Gasteiger partial charge on any atom is -0.508 e. The molecule has 5 heteroatoms. The normalized spacial score (nSPS) is 10.2. The van der Waals surface area contributed by atoms with E-state index in [1.54, 1.807) is 0 Å². The Kier molecular flexibility index (Phi) is 3.29. The summed E-state index contributed by atoms with van der Waals surface area (Å²) in [5, 5.41) is 28.3. The summed E-state index contributed by atoms with van der Waals surface area (Å²) in [7, 11) is 1.34. The summed E-state index contributed by atoms with van der Waals surface area (Å²) >= 11 is 0. The molecular weight excluding hydrogens is 248 g/mol. The zero-order chi connectivity index (χ0) is 14.0. The number of ether oxygens (including phenoxy) is 1. The Balaban J connectivity index is 2.52. The van der Waals surface area contributed by atoms with E-state index in [9.17, 15) is 20.1 Å². The maximum atomic E-state index is 12.3. The molecule has 0 aliphatic carbocycles. The minimum atomic E-state index is -0.464. The molecule has 0 atom stereocenters. The van der Waals surface area contributed by atoms with Crippen molar-refractivity contribution in [2.24, 2.45) is 0 Å². The van der Waals surface area contributed by atoms with E-state index in [0.717, 1.165) is 6.07 Å². The highest BCUT2D eigenvalue weighted by atomic mass is 16.5. The van der Waals surface area contributed by atoms with Gasteiger partial charge in [-0.25, -0.2) is 0 Å². The van der Waals surface area contributed by atoms with Gasteiger partial charge in [-0.3, -0.25) is 4.79 Å². The summed E-state index contributed by atoms with van der Waals surface area (Å²) in [6, 6.07) is 7.92. The van der Waals surface area contributed by atoms with Crippen LogP contribution in [0.15, 0.2) is 36.4 Å². The van der Waals surface area contributed by atoms with Gasteiger partial charge in [-0.2, -0.15) is 0 Å². The second kappa shape index (κ2) is 4.89. The van der Waals surface area contributed by atoms with Crippen LogP contribution in [0.5, 0.6) is 23.0 Å². The van der Waals surface area contributed by atoms with Crippen LogP contribution in [0.25, 0.3) is 0 Å². The van der Waals surface area contributed by atoms with Gasteiger partial charge < -0.3 is 20.1 Å². The first kappa shape index (κ1) is 12.8. The number of methoxy groups -OCH3 is 1. The minimum absolute atomic E-state index is 0.0361. The van der Waals surface area contributed by atoms with Crippen LogP contribution >= 0.6 is 0 Å². The van der Waals surface area contributed by atoms with Crippen molar-refractivity contribution in [2.45, 2.75) is 0 Å². The number of carbonyl (C=O) groups is 1. The van der Waals surface area contributed by atoms with Crippen LogP contribution in [0.4, 0.5) is 0 Å². The summed E-state index contributed by atoms with van der Waals surface area (Å²) in [5.74, 6) is -0.908. The lowest BCUT2D eigenvalue weighted by atomic mass is 10.0. The van der Waals surface area contributed by atoms with Crippen LogP contribution in [0.1, 0.15) is 15.9 Å². The molecule has 0 aliphatic heterocycles. The van der Waals surface area contributed by atoms with Gasteiger partial charge in [0.1, 0.15) is 28.6 Å². The lowest BCUT2D eigenvalue weighted by Crippen LogP contribution is -2.04. The highest BCUT2D eigenvalue weighted by Crippen LogP contribution is 2.34. The van der Waals surface area contributed by atoms with Gasteiger partial charge in [0.25, 0.3) is 0 Å². The highest BCUT2D eigenvalue weighted by molar-refractivity contribution is 6.12. The molecule has 0 spiro atoms. The zero-order valence-corrected chi connectivity index (χ0v) is 10.1. The van der Waals surface area contributed by atoms with Gasteiger partial charge in [0.2, 0.25) is 5.78 Å². The van der Waals surface area contributed by atoms with Gasteiger partial charge in [-0.1, -0.05) is 0 Å². The van der Waals surface area contributed by atoms with Gasteiger partial charge >= 0.3 is 0 Å². The SMILES string of the molecule is COc1cc(O)cc(O)c1C(=O)c1ccc(O)cc1. The first-order valence-corrected chi connectivity index (χ1v) is 5.46. The number of hydrogen-bond donors (Lipinski definition) is 3. The number of phenolic OH excluding ortho intramolecular Hbond substituents is 3. The van der Waals surface area contributed by atoms with E-state index in [0.29, 0.717) is 0 Å². The second-order valence-electron chi connectivity index (χ2n) is 3.92. The largest absolute Gasteiger partial charge is 0.508 e. The van der Waals surface area contributed by atoms with E-state index < -0.39 is 5.78 Å². The molecule has 0 bridgehead atoms. The summed E-state index contributed by atoms with van der Waals surface area (Å²) in [6.07, 6.45) is 0. The third-order valence-electron chi connectivity index (χ3n) is 2.64. The number of phenols is 3. The van der Waals surface area contributed by atoms with E-state index in [1.807, 2.05) is 0 Å². The van der Waals surface area contributed by atoms with Crippen molar-refractivity contribution >= 4 is 5.78 Å². The Morgan fingerprint density at radius 1 is 1.00 bits per heavy atom. The zero-order valence-electron chi connectivity index (χ0n) is 10.1. The molecular formula is C14H12O5. The third kappa shape index (κ3) is 2.44. The molecule has 0 aliphatic rings. The van der Waals surface area contributed by atoms with Crippen molar-refractivity contribution in [3.05, 3.63) is 47.5 Å². The molecule has 3 N–H and O–H groups in total. The van der Waals surface area contributed by atoms with E-state index in [-0.39, 0.29) is 34.1 Å². The lowest BCUT2D eigenvalue weighted by Gasteiger charge is -2.10. The predicted octanol–water partition coefficient (Wildman–Crippen LogP) is 2.04. The summed E-state index contributed by atoms with van der Waals surface area (Å²) < 4.78 is 4.98. The number of hydrogen-bond acceptors (Lipinski definition) is 5. The Morgan fingerprint density at radius 3 is 2.21 bits per heavy atom. The Bertz CT molecular complexity index is 616. The number of benzene rings is 2. The van der Waals surface area contributed by atoms with Gasteiger partial charge in [-0.15, -0.1) is 0 Å². The molecule has 0 radical (unpaired) electrons. The van der Waals surface area contributed by atoms with Crippen LogP contribution in [-0.2, 0) is 0 Å². The third-order valence-corrected chi connectivity index (χ3v) is 2.64. The molecule has 98 valence electrons. The molecule has 0 fully saturated rings. The van der Waals surface area contributed by atoms with Crippen molar-refractivity contribution < 1.29 is 24.9 Å². The maximum absolute atomic E-state index is 12.3. The number of rotatable bonds is 3. The highest BCUT2D eigenvalue weighted by Gasteiger charge is 2.20. The second-order valence-corrected chi connectivity index (χ2v) is 3.92. The summed E-state index contributed by atoms with van der Waals surface area (Å²) in [5.41, 5.74) is 0.253. The first-order chi connectivity index (χ1) is 9.02.